The molecule has 0 radical (unpaired) electrons. The fraction of sp³-hybridized carbons (Fsp3) is 0.250. The average molecular weight is 290 g/mol. The van der Waals surface area contributed by atoms with Crippen molar-refractivity contribution in [3.05, 3.63) is 58.9 Å². The number of benzene rings is 2. The van der Waals surface area contributed by atoms with Crippen molar-refractivity contribution in [2.75, 3.05) is 14.2 Å². The van der Waals surface area contributed by atoms with Crippen LogP contribution in [0.3, 0.4) is 0 Å². The van der Waals surface area contributed by atoms with Crippen molar-refractivity contribution in [3.63, 3.8) is 0 Å². The number of methoxy groups -OCH3 is 2. The molecule has 0 spiro atoms. The molecule has 2 rings (SSSR count). The van der Waals surface area contributed by atoms with E-state index in [1.165, 1.54) is 6.07 Å². The van der Waals surface area contributed by atoms with Crippen molar-refractivity contribution < 1.29 is 13.9 Å². The van der Waals surface area contributed by atoms with Gasteiger partial charge in [-0.25, -0.2) is 9.82 Å². The van der Waals surface area contributed by atoms with Crippen LogP contribution in [0.2, 0.25) is 0 Å². The molecule has 0 heterocycles. The summed E-state index contributed by atoms with van der Waals surface area (Å²) in [4.78, 5) is 0. The molecule has 2 aromatic rings. The Labute approximate surface area is 123 Å². The van der Waals surface area contributed by atoms with Gasteiger partial charge in [0.05, 0.1) is 20.3 Å². The zero-order chi connectivity index (χ0) is 15.4. The van der Waals surface area contributed by atoms with Crippen molar-refractivity contribution >= 4 is 0 Å². The van der Waals surface area contributed by atoms with Gasteiger partial charge in [0, 0.05) is 0 Å². The maximum Gasteiger partial charge on any atom is 0.161 e. The minimum Gasteiger partial charge on any atom is -0.493 e. The van der Waals surface area contributed by atoms with E-state index in [4.69, 9.17) is 15.3 Å². The summed E-state index contributed by atoms with van der Waals surface area (Å²) in [5, 5.41) is 0. The van der Waals surface area contributed by atoms with E-state index in [-0.39, 0.29) is 11.9 Å². The van der Waals surface area contributed by atoms with E-state index in [1.807, 2.05) is 18.2 Å². The van der Waals surface area contributed by atoms with Gasteiger partial charge in [-0.2, -0.15) is 0 Å². The number of hydrogen-bond donors (Lipinski definition) is 2. The fourth-order valence-corrected chi connectivity index (χ4v) is 2.26. The lowest BCUT2D eigenvalue weighted by molar-refractivity contribution is 0.354. The average Bonchev–Trinajstić information content (AvgIpc) is 2.51. The predicted octanol–water partition coefficient (Wildman–Crippen LogP) is 2.70. The fourth-order valence-electron chi connectivity index (χ4n) is 2.26. The molecule has 0 aliphatic rings. The lowest BCUT2D eigenvalue weighted by atomic mass is 9.97. The molecule has 4 nitrogen and oxygen atoms in total. The van der Waals surface area contributed by atoms with Gasteiger partial charge >= 0.3 is 0 Å². The summed E-state index contributed by atoms with van der Waals surface area (Å²) in [5.41, 5.74) is 5.11. The van der Waals surface area contributed by atoms with Crippen LogP contribution in [0.15, 0.2) is 36.4 Å². The van der Waals surface area contributed by atoms with Gasteiger partial charge in [0.25, 0.3) is 0 Å². The molecule has 112 valence electrons. The van der Waals surface area contributed by atoms with E-state index in [0.717, 1.165) is 11.1 Å². The molecule has 1 unspecified atom stereocenters. The summed E-state index contributed by atoms with van der Waals surface area (Å²) in [7, 11) is 3.16. The minimum atomic E-state index is -0.260. The Hall–Kier alpha value is -2.11. The second-order valence-corrected chi connectivity index (χ2v) is 4.72. The van der Waals surface area contributed by atoms with E-state index in [1.54, 1.807) is 33.3 Å². The Morgan fingerprint density at radius 3 is 2.19 bits per heavy atom. The predicted molar refractivity (Wildman–Crippen MR) is 79.8 cm³/mol. The smallest absolute Gasteiger partial charge is 0.161 e. The van der Waals surface area contributed by atoms with Crippen molar-refractivity contribution in [1.82, 2.24) is 5.43 Å². The molecule has 3 N–H and O–H groups in total. The lowest BCUT2D eigenvalue weighted by Crippen LogP contribution is -2.29. The molecule has 0 fully saturated rings. The second kappa shape index (κ2) is 6.56. The number of nitrogens with two attached hydrogens (primary N) is 1. The number of hydrazine groups is 1. The highest BCUT2D eigenvalue weighted by molar-refractivity contribution is 5.46. The van der Waals surface area contributed by atoms with Crippen LogP contribution in [-0.4, -0.2) is 14.2 Å². The highest BCUT2D eigenvalue weighted by Crippen LogP contribution is 2.32. The largest absolute Gasteiger partial charge is 0.493 e. The molecule has 21 heavy (non-hydrogen) atoms. The SMILES string of the molecule is COc1ccc(C(NN)c2ccc(F)c(C)c2)cc1OC. The molecule has 0 amide bonds. The number of nitrogens with one attached hydrogen (secondary N) is 1. The Kier molecular flexibility index (Phi) is 4.77. The van der Waals surface area contributed by atoms with E-state index in [0.29, 0.717) is 17.1 Å². The molecule has 0 aromatic heterocycles. The Balaban J connectivity index is 2.43. The third kappa shape index (κ3) is 3.15. The van der Waals surface area contributed by atoms with Crippen LogP contribution in [0.1, 0.15) is 22.7 Å². The molecule has 0 saturated carbocycles. The van der Waals surface area contributed by atoms with Crippen molar-refractivity contribution in [3.8, 4) is 11.5 Å². The Morgan fingerprint density at radius 1 is 1.00 bits per heavy atom. The van der Waals surface area contributed by atoms with Crippen LogP contribution >= 0.6 is 0 Å². The first-order valence-corrected chi connectivity index (χ1v) is 6.54. The number of ether oxygens (including phenoxy) is 2. The molecule has 0 saturated heterocycles. The first-order valence-electron chi connectivity index (χ1n) is 6.54. The van der Waals surface area contributed by atoms with Crippen molar-refractivity contribution in [2.24, 2.45) is 5.84 Å². The normalized spacial score (nSPS) is 12.0. The van der Waals surface area contributed by atoms with Crippen LogP contribution in [0.5, 0.6) is 11.5 Å². The number of aryl methyl sites for hydroxylation is 1. The highest BCUT2D eigenvalue weighted by atomic mass is 19.1. The van der Waals surface area contributed by atoms with Crippen LogP contribution in [-0.2, 0) is 0 Å². The van der Waals surface area contributed by atoms with E-state index in [2.05, 4.69) is 5.43 Å². The first kappa shape index (κ1) is 15.3. The van der Waals surface area contributed by atoms with Gasteiger partial charge in [0.15, 0.2) is 11.5 Å². The number of rotatable bonds is 5. The molecular weight excluding hydrogens is 271 g/mol. The minimum absolute atomic E-state index is 0.234. The molecule has 0 aliphatic heterocycles. The lowest BCUT2D eigenvalue weighted by Gasteiger charge is -2.19. The maximum atomic E-state index is 13.4. The van der Waals surface area contributed by atoms with Gasteiger partial charge in [-0.3, -0.25) is 5.84 Å². The number of hydrogen-bond acceptors (Lipinski definition) is 4. The van der Waals surface area contributed by atoms with Gasteiger partial charge in [-0.15, -0.1) is 0 Å². The molecule has 0 bridgehead atoms. The summed E-state index contributed by atoms with van der Waals surface area (Å²) in [6, 6.07) is 10.2. The molecule has 5 heteroatoms. The number of halogens is 1. The zero-order valence-corrected chi connectivity index (χ0v) is 12.3. The monoisotopic (exact) mass is 290 g/mol. The Bertz CT molecular complexity index is 632. The highest BCUT2D eigenvalue weighted by Gasteiger charge is 2.16. The van der Waals surface area contributed by atoms with E-state index < -0.39 is 0 Å². The van der Waals surface area contributed by atoms with Crippen LogP contribution < -0.4 is 20.7 Å². The summed E-state index contributed by atoms with van der Waals surface area (Å²) >= 11 is 0. The van der Waals surface area contributed by atoms with Crippen LogP contribution in [0.25, 0.3) is 0 Å². The van der Waals surface area contributed by atoms with Crippen LogP contribution in [0.4, 0.5) is 4.39 Å². The summed E-state index contributed by atoms with van der Waals surface area (Å²) in [5.74, 6) is 6.70. The second-order valence-electron chi connectivity index (χ2n) is 4.72. The first-order chi connectivity index (χ1) is 10.1. The van der Waals surface area contributed by atoms with Crippen LogP contribution in [0, 0.1) is 12.7 Å². The summed E-state index contributed by atoms with van der Waals surface area (Å²) in [6.07, 6.45) is 0. The van der Waals surface area contributed by atoms with Gasteiger partial charge in [-0.1, -0.05) is 18.2 Å². The standard InChI is InChI=1S/C16H19FN2O2/c1-10-8-11(4-6-13(10)17)16(19-18)12-5-7-14(20-2)15(9-12)21-3/h4-9,16,19H,18H2,1-3H3. The van der Waals surface area contributed by atoms with Gasteiger partial charge < -0.3 is 9.47 Å². The Morgan fingerprint density at radius 2 is 1.62 bits per heavy atom. The van der Waals surface area contributed by atoms with Gasteiger partial charge in [0.2, 0.25) is 0 Å². The third-order valence-electron chi connectivity index (χ3n) is 3.42. The van der Waals surface area contributed by atoms with Crippen molar-refractivity contribution in [2.45, 2.75) is 13.0 Å². The van der Waals surface area contributed by atoms with Gasteiger partial charge in [0.1, 0.15) is 5.82 Å². The molecule has 0 aliphatic carbocycles. The zero-order valence-electron chi connectivity index (χ0n) is 12.3. The van der Waals surface area contributed by atoms with E-state index in [9.17, 15) is 4.39 Å². The van der Waals surface area contributed by atoms with E-state index >= 15 is 0 Å². The van der Waals surface area contributed by atoms with Gasteiger partial charge in [-0.05, 0) is 41.8 Å². The summed E-state index contributed by atoms with van der Waals surface area (Å²) < 4.78 is 23.9. The molecule has 1 atom stereocenters. The molecular formula is C16H19FN2O2. The topological polar surface area (TPSA) is 56.5 Å². The van der Waals surface area contributed by atoms with Crippen molar-refractivity contribution in [1.29, 1.82) is 0 Å². The maximum absolute atomic E-state index is 13.4. The molecule has 2 aromatic carbocycles. The quantitative estimate of drug-likeness (QED) is 0.656. The summed E-state index contributed by atoms with van der Waals surface area (Å²) in [6.45, 7) is 1.72. The third-order valence-corrected chi connectivity index (χ3v) is 3.42.